The van der Waals surface area contributed by atoms with Gasteiger partial charge in [-0.25, -0.2) is 0 Å². The summed E-state index contributed by atoms with van der Waals surface area (Å²) >= 11 is 0. The van der Waals surface area contributed by atoms with Crippen molar-refractivity contribution in [2.24, 2.45) is 5.92 Å². The highest BCUT2D eigenvalue weighted by atomic mass is 16.1. The van der Waals surface area contributed by atoms with Crippen LogP contribution in [0, 0.1) is 5.92 Å². The molecule has 1 heterocycles. The fourth-order valence-corrected chi connectivity index (χ4v) is 3.61. The molecular formula is C19H30N2O. The SMILES string of the molecule is CCc1ccccc1C(C)(C)NC(=O)C[C@@H]1CCCN(C)C1. The molecule has 1 amide bonds. The second kappa shape index (κ2) is 7.28. The molecule has 122 valence electrons. The number of aryl methyl sites for hydroxylation is 1. The first-order chi connectivity index (χ1) is 10.4. The van der Waals surface area contributed by atoms with Crippen molar-refractivity contribution in [3.8, 4) is 0 Å². The fourth-order valence-electron chi connectivity index (χ4n) is 3.61. The van der Waals surface area contributed by atoms with Crippen molar-refractivity contribution >= 4 is 5.91 Å². The van der Waals surface area contributed by atoms with Gasteiger partial charge in [0.05, 0.1) is 5.54 Å². The third kappa shape index (κ3) is 4.33. The van der Waals surface area contributed by atoms with E-state index in [0.29, 0.717) is 12.3 Å². The normalized spacial score (nSPS) is 19.9. The summed E-state index contributed by atoms with van der Waals surface area (Å²) in [6.07, 6.45) is 4.01. The van der Waals surface area contributed by atoms with Crippen LogP contribution in [0.5, 0.6) is 0 Å². The molecular weight excluding hydrogens is 272 g/mol. The van der Waals surface area contributed by atoms with E-state index in [4.69, 9.17) is 0 Å². The van der Waals surface area contributed by atoms with E-state index in [0.717, 1.165) is 19.5 Å². The molecule has 0 spiro atoms. The summed E-state index contributed by atoms with van der Waals surface area (Å²) in [5.41, 5.74) is 2.22. The molecule has 1 fully saturated rings. The Morgan fingerprint density at radius 3 is 2.77 bits per heavy atom. The van der Waals surface area contributed by atoms with E-state index in [1.807, 2.05) is 0 Å². The lowest BCUT2D eigenvalue weighted by Crippen LogP contribution is -2.43. The third-order valence-corrected chi connectivity index (χ3v) is 4.72. The Bertz CT molecular complexity index is 510. The highest BCUT2D eigenvalue weighted by molar-refractivity contribution is 5.77. The molecule has 0 aromatic heterocycles. The summed E-state index contributed by atoms with van der Waals surface area (Å²) in [5.74, 6) is 0.673. The minimum Gasteiger partial charge on any atom is -0.347 e. The van der Waals surface area contributed by atoms with Gasteiger partial charge in [0.15, 0.2) is 0 Å². The zero-order valence-corrected chi connectivity index (χ0v) is 14.5. The van der Waals surface area contributed by atoms with E-state index in [2.05, 4.69) is 62.3 Å². The molecule has 1 aliphatic heterocycles. The van der Waals surface area contributed by atoms with E-state index in [1.165, 1.54) is 24.0 Å². The highest BCUT2D eigenvalue weighted by Crippen LogP contribution is 2.25. The first-order valence-electron chi connectivity index (χ1n) is 8.50. The fraction of sp³-hybridized carbons (Fsp3) is 0.632. The second-order valence-corrected chi connectivity index (χ2v) is 7.16. The number of amides is 1. The molecule has 0 unspecified atom stereocenters. The van der Waals surface area contributed by atoms with Crippen molar-refractivity contribution in [2.45, 2.75) is 52.0 Å². The van der Waals surface area contributed by atoms with Crippen LogP contribution in [-0.4, -0.2) is 30.9 Å². The molecule has 1 atom stereocenters. The van der Waals surface area contributed by atoms with Crippen molar-refractivity contribution in [1.29, 1.82) is 0 Å². The van der Waals surface area contributed by atoms with Crippen LogP contribution in [0.4, 0.5) is 0 Å². The summed E-state index contributed by atoms with van der Waals surface area (Å²) in [7, 11) is 2.14. The quantitative estimate of drug-likeness (QED) is 0.905. The largest absolute Gasteiger partial charge is 0.347 e. The first kappa shape index (κ1) is 17.0. The number of nitrogens with one attached hydrogen (secondary N) is 1. The molecule has 2 rings (SSSR count). The minimum absolute atomic E-state index is 0.177. The summed E-state index contributed by atoms with van der Waals surface area (Å²) in [6.45, 7) is 8.57. The minimum atomic E-state index is -0.315. The van der Waals surface area contributed by atoms with Crippen LogP contribution in [0.2, 0.25) is 0 Å². The first-order valence-corrected chi connectivity index (χ1v) is 8.50. The number of hydrogen-bond donors (Lipinski definition) is 1. The Labute approximate surface area is 135 Å². The van der Waals surface area contributed by atoms with Crippen LogP contribution < -0.4 is 5.32 Å². The van der Waals surface area contributed by atoms with Crippen LogP contribution in [0.25, 0.3) is 0 Å². The maximum Gasteiger partial charge on any atom is 0.220 e. The molecule has 22 heavy (non-hydrogen) atoms. The molecule has 1 aromatic carbocycles. The van der Waals surface area contributed by atoms with Gasteiger partial charge in [0.25, 0.3) is 0 Å². The topological polar surface area (TPSA) is 32.3 Å². The molecule has 0 radical (unpaired) electrons. The van der Waals surface area contributed by atoms with Crippen LogP contribution in [-0.2, 0) is 16.8 Å². The molecule has 1 aliphatic rings. The van der Waals surface area contributed by atoms with Crippen molar-refractivity contribution in [2.75, 3.05) is 20.1 Å². The van der Waals surface area contributed by atoms with Gasteiger partial charge in [-0.2, -0.15) is 0 Å². The lowest BCUT2D eigenvalue weighted by atomic mass is 9.88. The van der Waals surface area contributed by atoms with Gasteiger partial charge < -0.3 is 10.2 Å². The number of carbonyl (C=O) groups is 1. The van der Waals surface area contributed by atoms with Gasteiger partial charge in [0.1, 0.15) is 0 Å². The van der Waals surface area contributed by atoms with E-state index in [9.17, 15) is 4.79 Å². The van der Waals surface area contributed by atoms with Gasteiger partial charge in [-0.1, -0.05) is 31.2 Å². The summed E-state index contributed by atoms with van der Waals surface area (Å²) in [5, 5.41) is 3.25. The zero-order chi connectivity index (χ0) is 16.2. The summed E-state index contributed by atoms with van der Waals surface area (Å²) in [4.78, 5) is 14.8. The molecule has 0 aliphatic carbocycles. The maximum atomic E-state index is 12.5. The second-order valence-electron chi connectivity index (χ2n) is 7.16. The van der Waals surface area contributed by atoms with Crippen molar-refractivity contribution in [3.05, 3.63) is 35.4 Å². The van der Waals surface area contributed by atoms with Crippen LogP contribution in [0.1, 0.15) is 51.2 Å². The Kier molecular flexibility index (Phi) is 5.63. The summed E-state index contributed by atoms with van der Waals surface area (Å²) in [6, 6.07) is 8.41. The molecule has 1 N–H and O–H groups in total. The van der Waals surface area contributed by atoms with E-state index >= 15 is 0 Å². The van der Waals surface area contributed by atoms with Crippen LogP contribution >= 0.6 is 0 Å². The smallest absolute Gasteiger partial charge is 0.220 e. The average Bonchev–Trinajstić information content (AvgIpc) is 2.46. The molecule has 0 bridgehead atoms. The molecule has 1 saturated heterocycles. The monoisotopic (exact) mass is 302 g/mol. The van der Waals surface area contributed by atoms with E-state index in [1.54, 1.807) is 0 Å². The van der Waals surface area contributed by atoms with Gasteiger partial charge in [-0.05, 0) is 63.7 Å². The predicted octanol–water partition coefficient (Wildman–Crippen LogP) is 3.33. The number of benzene rings is 1. The number of rotatable bonds is 5. The Balaban J connectivity index is 2.00. The lowest BCUT2D eigenvalue weighted by molar-refractivity contribution is -0.124. The molecule has 3 heteroatoms. The molecule has 0 saturated carbocycles. The maximum absolute atomic E-state index is 12.5. The number of nitrogens with zero attached hydrogens (tertiary/aromatic N) is 1. The van der Waals surface area contributed by atoms with Crippen molar-refractivity contribution in [1.82, 2.24) is 10.2 Å². The summed E-state index contributed by atoms with van der Waals surface area (Å²) < 4.78 is 0. The Morgan fingerprint density at radius 2 is 2.09 bits per heavy atom. The number of carbonyl (C=O) groups excluding carboxylic acids is 1. The third-order valence-electron chi connectivity index (χ3n) is 4.72. The predicted molar refractivity (Wildman–Crippen MR) is 91.8 cm³/mol. The number of piperidine rings is 1. The van der Waals surface area contributed by atoms with Crippen molar-refractivity contribution in [3.63, 3.8) is 0 Å². The zero-order valence-electron chi connectivity index (χ0n) is 14.5. The van der Waals surface area contributed by atoms with E-state index in [-0.39, 0.29) is 11.4 Å². The number of hydrogen-bond acceptors (Lipinski definition) is 2. The number of likely N-dealkylation sites (tertiary alicyclic amines) is 1. The lowest BCUT2D eigenvalue weighted by Gasteiger charge is -2.32. The Hall–Kier alpha value is -1.35. The Morgan fingerprint density at radius 1 is 1.36 bits per heavy atom. The molecule has 3 nitrogen and oxygen atoms in total. The van der Waals surface area contributed by atoms with Gasteiger partial charge >= 0.3 is 0 Å². The van der Waals surface area contributed by atoms with Gasteiger partial charge in [0.2, 0.25) is 5.91 Å². The van der Waals surface area contributed by atoms with Gasteiger partial charge in [-0.3, -0.25) is 4.79 Å². The van der Waals surface area contributed by atoms with E-state index < -0.39 is 0 Å². The van der Waals surface area contributed by atoms with Crippen LogP contribution in [0.15, 0.2) is 24.3 Å². The highest BCUT2D eigenvalue weighted by Gasteiger charge is 2.27. The van der Waals surface area contributed by atoms with Crippen molar-refractivity contribution < 1.29 is 4.79 Å². The van der Waals surface area contributed by atoms with Gasteiger partial charge in [0, 0.05) is 13.0 Å². The van der Waals surface area contributed by atoms with Crippen LogP contribution in [0.3, 0.4) is 0 Å². The standard InChI is InChI=1S/C19H30N2O/c1-5-16-10-6-7-11-17(16)19(2,3)20-18(22)13-15-9-8-12-21(4)14-15/h6-7,10-11,15H,5,8-9,12-14H2,1-4H3,(H,20,22)/t15-/m0/s1. The average molecular weight is 302 g/mol. The molecule has 1 aromatic rings. The van der Waals surface area contributed by atoms with Gasteiger partial charge in [-0.15, -0.1) is 0 Å².